The van der Waals surface area contributed by atoms with E-state index in [0.717, 1.165) is 6.42 Å². The van der Waals surface area contributed by atoms with Gasteiger partial charge < -0.3 is 16.4 Å². The van der Waals surface area contributed by atoms with E-state index in [1.165, 1.54) is 0 Å². The van der Waals surface area contributed by atoms with Crippen molar-refractivity contribution >= 4 is 29.0 Å². The van der Waals surface area contributed by atoms with Gasteiger partial charge in [0.05, 0.1) is 18.0 Å². The number of thiocarbonyl (C=S) groups is 1. The van der Waals surface area contributed by atoms with Crippen LogP contribution in [0.5, 0.6) is 0 Å². The molecular formula is C8H15N3O2S. The van der Waals surface area contributed by atoms with E-state index in [1.54, 1.807) is 0 Å². The fourth-order valence-corrected chi connectivity index (χ4v) is 0.858. The maximum atomic E-state index is 11.0. The van der Waals surface area contributed by atoms with E-state index in [0.29, 0.717) is 6.54 Å². The molecule has 0 unspecified atom stereocenters. The number of hydrogen-bond donors (Lipinski definition) is 3. The minimum atomic E-state index is -0.329. The fourth-order valence-electron chi connectivity index (χ4n) is 0.727. The molecule has 0 aromatic carbocycles. The van der Waals surface area contributed by atoms with Gasteiger partial charge in [-0.3, -0.25) is 9.59 Å². The van der Waals surface area contributed by atoms with Crippen molar-refractivity contribution in [2.75, 3.05) is 13.1 Å². The highest BCUT2D eigenvalue weighted by Gasteiger charge is 2.05. The number of nitrogens with two attached hydrogens (primary N) is 1. The van der Waals surface area contributed by atoms with Crippen molar-refractivity contribution in [2.45, 2.75) is 19.8 Å². The molecule has 14 heavy (non-hydrogen) atoms. The number of amides is 2. The van der Waals surface area contributed by atoms with Crippen LogP contribution in [0.3, 0.4) is 0 Å². The Hall–Kier alpha value is -1.17. The van der Waals surface area contributed by atoms with Crippen LogP contribution in [0, 0.1) is 0 Å². The number of nitrogens with one attached hydrogen (secondary N) is 2. The molecule has 2 amide bonds. The summed E-state index contributed by atoms with van der Waals surface area (Å²) in [5, 5.41) is 5.03. The number of carbonyl (C=O) groups is 2. The largest absolute Gasteiger partial charge is 0.393 e. The van der Waals surface area contributed by atoms with E-state index in [4.69, 9.17) is 5.73 Å². The zero-order chi connectivity index (χ0) is 11.0. The maximum Gasteiger partial charge on any atom is 0.239 e. The Morgan fingerprint density at radius 3 is 2.43 bits per heavy atom. The van der Waals surface area contributed by atoms with Crippen molar-refractivity contribution in [2.24, 2.45) is 5.73 Å². The molecule has 0 fully saturated rings. The second-order valence-corrected chi connectivity index (χ2v) is 3.29. The molecule has 0 spiro atoms. The van der Waals surface area contributed by atoms with Crippen LogP contribution in [0.1, 0.15) is 19.8 Å². The van der Waals surface area contributed by atoms with Crippen molar-refractivity contribution in [3.63, 3.8) is 0 Å². The summed E-state index contributed by atoms with van der Waals surface area (Å²) in [7, 11) is 0. The Balaban J connectivity index is 3.56. The van der Waals surface area contributed by atoms with E-state index >= 15 is 0 Å². The molecule has 0 radical (unpaired) electrons. The lowest BCUT2D eigenvalue weighted by Gasteiger charge is -2.04. The van der Waals surface area contributed by atoms with Crippen molar-refractivity contribution in [1.29, 1.82) is 0 Å². The molecule has 0 aliphatic rings. The van der Waals surface area contributed by atoms with Crippen LogP contribution in [0.4, 0.5) is 0 Å². The Labute approximate surface area is 88.4 Å². The van der Waals surface area contributed by atoms with Crippen LogP contribution in [0.2, 0.25) is 0 Å². The van der Waals surface area contributed by atoms with Crippen LogP contribution in [-0.4, -0.2) is 29.9 Å². The van der Waals surface area contributed by atoms with Crippen molar-refractivity contribution in [1.82, 2.24) is 10.6 Å². The van der Waals surface area contributed by atoms with Gasteiger partial charge in [-0.1, -0.05) is 19.1 Å². The molecule has 80 valence electrons. The van der Waals surface area contributed by atoms with Gasteiger partial charge in [0.2, 0.25) is 11.8 Å². The second-order valence-electron chi connectivity index (χ2n) is 2.77. The van der Waals surface area contributed by atoms with Gasteiger partial charge >= 0.3 is 0 Å². The third-order valence-corrected chi connectivity index (χ3v) is 1.50. The van der Waals surface area contributed by atoms with E-state index in [-0.39, 0.29) is 29.8 Å². The summed E-state index contributed by atoms with van der Waals surface area (Å²) in [6.07, 6.45) is 0.850. The first-order chi connectivity index (χ1) is 6.56. The standard InChI is InChI=1S/C8H15N3O2S/c1-2-3-10-8(13)5-11-7(12)4-6(9)14/h2-5H2,1H3,(H2,9,14)(H,10,13)(H,11,12). The van der Waals surface area contributed by atoms with Crippen LogP contribution in [-0.2, 0) is 9.59 Å². The molecule has 0 rings (SSSR count). The highest BCUT2D eigenvalue weighted by molar-refractivity contribution is 7.80. The van der Waals surface area contributed by atoms with Crippen LogP contribution in [0.25, 0.3) is 0 Å². The van der Waals surface area contributed by atoms with Crippen molar-refractivity contribution in [3.8, 4) is 0 Å². The minimum Gasteiger partial charge on any atom is -0.393 e. The summed E-state index contributed by atoms with van der Waals surface area (Å²) in [5.41, 5.74) is 5.15. The van der Waals surface area contributed by atoms with Gasteiger partial charge in [0.15, 0.2) is 0 Å². The molecule has 5 nitrogen and oxygen atoms in total. The summed E-state index contributed by atoms with van der Waals surface area (Å²) >= 11 is 4.54. The first-order valence-electron chi connectivity index (χ1n) is 4.38. The molecule has 0 aromatic heterocycles. The lowest BCUT2D eigenvalue weighted by Crippen LogP contribution is -2.38. The minimum absolute atomic E-state index is 0.0175. The SMILES string of the molecule is CCCNC(=O)CNC(=O)CC(N)=S. The molecule has 0 aliphatic carbocycles. The molecule has 0 aliphatic heterocycles. The smallest absolute Gasteiger partial charge is 0.239 e. The molecule has 6 heteroatoms. The lowest BCUT2D eigenvalue weighted by molar-refractivity contribution is -0.125. The Kier molecular flexibility index (Phi) is 6.65. The van der Waals surface area contributed by atoms with E-state index in [1.807, 2.05) is 6.92 Å². The Morgan fingerprint density at radius 2 is 1.93 bits per heavy atom. The summed E-state index contributed by atoms with van der Waals surface area (Å²) in [4.78, 5) is 22.1. The highest BCUT2D eigenvalue weighted by atomic mass is 32.1. The molecule has 0 atom stereocenters. The number of hydrogen-bond acceptors (Lipinski definition) is 3. The van der Waals surface area contributed by atoms with Gasteiger partial charge in [0.25, 0.3) is 0 Å². The van der Waals surface area contributed by atoms with Crippen LogP contribution in [0.15, 0.2) is 0 Å². The topological polar surface area (TPSA) is 84.2 Å². The molecule has 0 saturated heterocycles. The summed E-state index contributed by atoms with van der Waals surface area (Å²) in [6, 6.07) is 0. The van der Waals surface area contributed by atoms with Crippen LogP contribution >= 0.6 is 12.2 Å². The van der Waals surface area contributed by atoms with E-state index in [2.05, 4.69) is 22.9 Å². The molecule has 4 N–H and O–H groups in total. The molecule has 0 heterocycles. The zero-order valence-electron chi connectivity index (χ0n) is 8.13. The van der Waals surface area contributed by atoms with Crippen LogP contribution < -0.4 is 16.4 Å². The van der Waals surface area contributed by atoms with Gasteiger partial charge in [0.1, 0.15) is 0 Å². The van der Waals surface area contributed by atoms with Gasteiger partial charge in [0, 0.05) is 6.54 Å². The third kappa shape index (κ3) is 7.48. The first kappa shape index (κ1) is 12.8. The average molecular weight is 217 g/mol. The van der Waals surface area contributed by atoms with E-state index in [9.17, 15) is 9.59 Å². The van der Waals surface area contributed by atoms with Gasteiger partial charge in [-0.25, -0.2) is 0 Å². The Bertz CT molecular complexity index is 231. The van der Waals surface area contributed by atoms with E-state index < -0.39 is 0 Å². The summed E-state index contributed by atoms with van der Waals surface area (Å²) in [6.45, 7) is 2.54. The van der Waals surface area contributed by atoms with Crippen molar-refractivity contribution < 1.29 is 9.59 Å². The predicted molar refractivity (Wildman–Crippen MR) is 57.7 cm³/mol. The summed E-state index contributed by atoms with van der Waals surface area (Å²) < 4.78 is 0. The summed E-state index contributed by atoms with van der Waals surface area (Å²) in [5.74, 6) is -0.535. The maximum absolute atomic E-state index is 11.0. The monoisotopic (exact) mass is 217 g/mol. The van der Waals surface area contributed by atoms with Crippen molar-refractivity contribution in [3.05, 3.63) is 0 Å². The second kappa shape index (κ2) is 7.25. The highest BCUT2D eigenvalue weighted by Crippen LogP contribution is 1.79. The molecule has 0 bridgehead atoms. The van der Waals surface area contributed by atoms with Gasteiger partial charge in [-0.05, 0) is 6.42 Å². The van der Waals surface area contributed by atoms with Gasteiger partial charge in [-0.2, -0.15) is 0 Å². The number of carbonyl (C=O) groups excluding carboxylic acids is 2. The molecular weight excluding hydrogens is 202 g/mol. The predicted octanol–water partition coefficient (Wildman–Crippen LogP) is -0.695. The Morgan fingerprint density at radius 1 is 1.29 bits per heavy atom. The zero-order valence-corrected chi connectivity index (χ0v) is 8.95. The average Bonchev–Trinajstić information content (AvgIpc) is 2.10. The first-order valence-corrected chi connectivity index (χ1v) is 4.78. The molecule has 0 aromatic rings. The third-order valence-electron chi connectivity index (χ3n) is 1.35. The normalized spacial score (nSPS) is 9.21. The number of rotatable bonds is 6. The molecule has 0 saturated carbocycles. The lowest BCUT2D eigenvalue weighted by atomic mass is 10.4. The fraction of sp³-hybridized carbons (Fsp3) is 0.625. The quantitative estimate of drug-likeness (QED) is 0.514. The van der Waals surface area contributed by atoms with Gasteiger partial charge in [-0.15, -0.1) is 0 Å².